The molecule has 424 valence electrons. The van der Waals surface area contributed by atoms with Crippen LogP contribution < -0.4 is 0 Å². The maximum absolute atomic E-state index is 12.8. The van der Waals surface area contributed by atoms with Crippen molar-refractivity contribution >= 4 is 17.9 Å². The molecule has 1 unspecified atom stereocenters. The highest BCUT2D eigenvalue weighted by molar-refractivity contribution is 5.72. The summed E-state index contributed by atoms with van der Waals surface area (Å²) in [5, 5.41) is 0. The van der Waals surface area contributed by atoms with Gasteiger partial charge in [0.15, 0.2) is 6.10 Å². The highest BCUT2D eigenvalue weighted by atomic mass is 16.6. The highest BCUT2D eigenvalue weighted by Gasteiger charge is 2.19. The molecule has 6 heteroatoms. The number of esters is 3. The van der Waals surface area contributed by atoms with Crippen LogP contribution in [0.5, 0.6) is 0 Å². The van der Waals surface area contributed by atoms with E-state index in [4.69, 9.17) is 14.2 Å². The third-order valence-electron chi connectivity index (χ3n) is 12.0. The Kier molecular flexibility index (Phi) is 58.0. The van der Waals surface area contributed by atoms with Crippen molar-refractivity contribution in [3.63, 3.8) is 0 Å². The average Bonchev–Trinajstić information content (AvgIpc) is 3.42. The van der Waals surface area contributed by atoms with Crippen molar-refractivity contribution in [1.82, 2.24) is 0 Å². The zero-order chi connectivity index (χ0) is 55.0. The maximum atomic E-state index is 12.8. The first-order chi connectivity index (χ1) is 37.5. The fourth-order valence-electron chi connectivity index (χ4n) is 7.53. The van der Waals surface area contributed by atoms with Gasteiger partial charge in [-0.1, -0.05) is 249 Å². The second-order valence-corrected chi connectivity index (χ2v) is 19.2. The van der Waals surface area contributed by atoms with Gasteiger partial charge in [0.2, 0.25) is 0 Å². The molecule has 76 heavy (non-hydrogen) atoms. The van der Waals surface area contributed by atoms with E-state index in [2.05, 4.69) is 179 Å². The Bertz CT molecular complexity index is 1770. The topological polar surface area (TPSA) is 78.9 Å². The van der Waals surface area contributed by atoms with Crippen LogP contribution in [0.25, 0.3) is 0 Å². The van der Waals surface area contributed by atoms with Crippen LogP contribution in [0.2, 0.25) is 0 Å². The van der Waals surface area contributed by atoms with Crippen LogP contribution in [0.1, 0.15) is 233 Å². The molecule has 0 aromatic heterocycles. The summed E-state index contributed by atoms with van der Waals surface area (Å²) in [5.41, 5.74) is 0. The minimum atomic E-state index is -0.850. The van der Waals surface area contributed by atoms with Crippen molar-refractivity contribution in [2.24, 2.45) is 0 Å². The summed E-state index contributed by atoms with van der Waals surface area (Å²) in [4.78, 5) is 38.1. The molecule has 0 heterocycles. The van der Waals surface area contributed by atoms with Crippen LogP contribution in [0, 0.1) is 0 Å². The normalized spacial score (nSPS) is 13.4. The smallest absolute Gasteiger partial charge is 0.310 e. The van der Waals surface area contributed by atoms with Crippen LogP contribution in [0.3, 0.4) is 0 Å². The molecule has 0 amide bonds. The number of hydrogen-bond acceptors (Lipinski definition) is 6. The summed E-state index contributed by atoms with van der Waals surface area (Å²) in [6, 6.07) is 0. The van der Waals surface area contributed by atoms with E-state index in [0.29, 0.717) is 19.3 Å². The summed E-state index contributed by atoms with van der Waals surface area (Å²) in [6.07, 6.45) is 92.4. The first-order valence-corrected chi connectivity index (χ1v) is 30.1. The van der Waals surface area contributed by atoms with E-state index in [1.165, 1.54) is 44.9 Å². The molecule has 0 saturated carbocycles. The van der Waals surface area contributed by atoms with Gasteiger partial charge in [-0.05, 0) is 135 Å². The highest BCUT2D eigenvalue weighted by Crippen LogP contribution is 2.12. The van der Waals surface area contributed by atoms with Crippen LogP contribution >= 0.6 is 0 Å². The molecule has 1 atom stereocenters. The van der Waals surface area contributed by atoms with Crippen LogP contribution in [0.15, 0.2) is 170 Å². The fraction of sp³-hybridized carbons (Fsp3) is 0.557. The van der Waals surface area contributed by atoms with Gasteiger partial charge in [-0.15, -0.1) is 0 Å². The van der Waals surface area contributed by atoms with Gasteiger partial charge in [-0.3, -0.25) is 14.4 Å². The zero-order valence-electron chi connectivity index (χ0n) is 48.4. The Morgan fingerprint density at radius 2 is 0.553 bits per heavy atom. The first-order valence-electron chi connectivity index (χ1n) is 30.1. The molecule has 0 aliphatic carbocycles. The Morgan fingerprint density at radius 1 is 0.289 bits per heavy atom. The van der Waals surface area contributed by atoms with Crippen molar-refractivity contribution in [1.29, 1.82) is 0 Å². The lowest BCUT2D eigenvalue weighted by molar-refractivity contribution is -0.166. The molecule has 0 aromatic carbocycles. The standard InChI is InChI=1S/C70H108O6/c1-4-7-10-13-16-19-22-25-27-28-29-30-31-32-33-34-35-36-37-38-39-40-41-42-44-45-48-51-54-57-60-63-69(72)75-66-67(65-74-68(71)62-59-56-53-50-47-24-21-18-15-12-9-6-3)76-70(73)64-61-58-55-52-49-46-43-26-23-20-17-14-11-8-5-2/h7-8,10-11,16-21,25-27,29-30,32-33,35-36,38-39,41-43,49,52,58,61,67H,4-6,9,12-15,22-24,28,31,34,37,40,44-48,50-51,53-57,59-60,62-66H2,1-3H3/b10-7-,11-8-,19-16-,20-17-,21-18-,27-25-,30-29-,33-32-,36-35-,39-38-,42-41-,43-26-,52-49-,61-58-. The lowest BCUT2D eigenvalue weighted by atomic mass is 10.1. The third kappa shape index (κ3) is 59.6. The Labute approximate surface area is 466 Å². The van der Waals surface area contributed by atoms with E-state index in [1.54, 1.807) is 6.08 Å². The second kappa shape index (κ2) is 62.3. The number of allylic oxidation sites excluding steroid dienone is 27. The monoisotopic (exact) mass is 1040 g/mol. The summed E-state index contributed by atoms with van der Waals surface area (Å²) in [5.74, 6) is -1.10. The van der Waals surface area contributed by atoms with Crippen molar-refractivity contribution in [3.05, 3.63) is 170 Å². The minimum Gasteiger partial charge on any atom is -0.462 e. The predicted molar refractivity (Wildman–Crippen MR) is 329 cm³/mol. The van der Waals surface area contributed by atoms with Crippen LogP contribution in [-0.2, 0) is 28.6 Å². The molecule has 0 saturated heterocycles. The Balaban J connectivity index is 4.40. The molecule has 0 aliphatic rings. The van der Waals surface area contributed by atoms with Crippen LogP contribution in [0.4, 0.5) is 0 Å². The number of unbranched alkanes of at least 4 members (excludes halogenated alkanes) is 14. The van der Waals surface area contributed by atoms with E-state index in [-0.39, 0.29) is 31.6 Å². The number of ether oxygens (including phenoxy) is 3. The van der Waals surface area contributed by atoms with Gasteiger partial charge in [0.05, 0.1) is 6.42 Å². The molecule has 0 aliphatic heterocycles. The molecule has 0 radical (unpaired) electrons. The van der Waals surface area contributed by atoms with Crippen molar-refractivity contribution in [3.8, 4) is 0 Å². The first kappa shape index (κ1) is 70.8. The van der Waals surface area contributed by atoms with Crippen molar-refractivity contribution < 1.29 is 28.6 Å². The Morgan fingerprint density at radius 3 is 0.882 bits per heavy atom. The van der Waals surface area contributed by atoms with Gasteiger partial charge in [0, 0.05) is 12.8 Å². The maximum Gasteiger partial charge on any atom is 0.310 e. The fourth-order valence-corrected chi connectivity index (χ4v) is 7.53. The molecule has 0 spiro atoms. The number of carbonyl (C=O) groups is 3. The molecule has 0 rings (SSSR count). The van der Waals surface area contributed by atoms with Gasteiger partial charge >= 0.3 is 17.9 Å². The molecule has 0 bridgehead atoms. The van der Waals surface area contributed by atoms with E-state index >= 15 is 0 Å². The molecule has 0 fully saturated rings. The van der Waals surface area contributed by atoms with Crippen molar-refractivity contribution in [2.45, 2.75) is 239 Å². The second-order valence-electron chi connectivity index (χ2n) is 19.2. The van der Waals surface area contributed by atoms with Gasteiger partial charge in [-0.2, -0.15) is 0 Å². The van der Waals surface area contributed by atoms with E-state index in [1.807, 2.05) is 6.08 Å². The molecule has 0 N–H and O–H groups in total. The minimum absolute atomic E-state index is 0.0838. The zero-order valence-corrected chi connectivity index (χ0v) is 48.4. The molecule has 0 aromatic rings. The van der Waals surface area contributed by atoms with E-state index in [0.717, 1.165) is 141 Å². The largest absolute Gasteiger partial charge is 0.462 e. The number of hydrogen-bond donors (Lipinski definition) is 0. The van der Waals surface area contributed by atoms with Crippen molar-refractivity contribution in [2.75, 3.05) is 13.2 Å². The average molecular weight is 1050 g/mol. The van der Waals surface area contributed by atoms with Crippen LogP contribution in [-0.4, -0.2) is 37.2 Å². The lowest BCUT2D eigenvalue weighted by Crippen LogP contribution is -2.30. The third-order valence-corrected chi connectivity index (χ3v) is 12.0. The molecular formula is C70H108O6. The van der Waals surface area contributed by atoms with E-state index < -0.39 is 12.1 Å². The summed E-state index contributed by atoms with van der Waals surface area (Å²) >= 11 is 0. The molecule has 6 nitrogen and oxygen atoms in total. The van der Waals surface area contributed by atoms with Gasteiger partial charge < -0.3 is 14.2 Å². The SMILES string of the molecule is CC/C=C\C/C=C\C/C=C\C/C=C\C/C=C\C/C=C\C/C=C\C/C=C\CCCCCCCCC(=O)OCC(COC(=O)CCCCCCC/C=C\CCCCC)OC(=O)C/C=C\C/C=C\C/C=C\C/C=C\C/C=C\CC. The van der Waals surface area contributed by atoms with Gasteiger partial charge in [-0.25, -0.2) is 0 Å². The summed E-state index contributed by atoms with van der Waals surface area (Å²) in [6.45, 7) is 6.26. The number of carbonyl (C=O) groups excluding carboxylic acids is 3. The van der Waals surface area contributed by atoms with Gasteiger partial charge in [0.25, 0.3) is 0 Å². The van der Waals surface area contributed by atoms with Gasteiger partial charge in [0.1, 0.15) is 13.2 Å². The molecular weight excluding hydrogens is 937 g/mol. The predicted octanol–water partition coefficient (Wildman–Crippen LogP) is 20.7. The van der Waals surface area contributed by atoms with E-state index in [9.17, 15) is 14.4 Å². The Hall–Kier alpha value is -5.23. The summed E-state index contributed by atoms with van der Waals surface area (Å²) < 4.78 is 16.7. The summed E-state index contributed by atoms with van der Waals surface area (Å²) in [7, 11) is 0. The quantitative estimate of drug-likeness (QED) is 0.0261. The lowest BCUT2D eigenvalue weighted by Gasteiger charge is -2.18. The number of rotatable bonds is 52.